The molecular formula is C17H14N2. The fraction of sp³-hybridized carbons (Fsp3) is 0.0588. The van der Waals surface area contributed by atoms with E-state index in [0.29, 0.717) is 0 Å². The Morgan fingerprint density at radius 3 is 2.26 bits per heavy atom. The highest BCUT2D eigenvalue weighted by atomic mass is 14.7. The molecule has 0 bridgehead atoms. The van der Waals surface area contributed by atoms with E-state index in [1.54, 1.807) is 0 Å². The van der Waals surface area contributed by atoms with Crippen LogP contribution in [0.15, 0.2) is 73.1 Å². The monoisotopic (exact) mass is 246 g/mol. The fourth-order valence-corrected chi connectivity index (χ4v) is 2.09. The smallest absolute Gasteiger partial charge is 0.0698 e. The first-order chi connectivity index (χ1) is 9.43. The SMILES string of the molecule is C1=CC(c2ccccn2)=CCC(c2ccccn2)=C1. The van der Waals surface area contributed by atoms with E-state index in [1.807, 2.05) is 48.8 Å². The van der Waals surface area contributed by atoms with E-state index in [4.69, 9.17) is 0 Å². The summed E-state index contributed by atoms with van der Waals surface area (Å²) in [6.45, 7) is 0. The van der Waals surface area contributed by atoms with Gasteiger partial charge in [-0.25, -0.2) is 0 Å². The Hall–Kier alpha value is -2.48. The number of pyridine rings is 2. The molecule has 2 aromatic rings. The van der Waals surface area contributed by atoms with Crippen LogP contribution >= 0.6 is 0 Å². The molecule has 2 heterocycles. The van der Waals surface area contributed by atoms with Crippen molar-refractivity contribution in [2.45, 2.75) is 6.42 Å². The minimum Gasteiger partial charge on any atom is -0.257 e. The highest BCUT2D eigenvalue weighted by Crippen LogP contribution is 2.24. The summed E-state index contributed by atoms with van der Waals surface area (Å²) in [7, 11) is 0. The lowest BCUT2D eigenvalue weighted by atomic mass is 10.1. The van der Waals surface area contributed by atoms with E-state index in [1.165, 1.54) is 5.57 Å². The van der Waals surface area contributed by atoms with E-state index in [9.17, 15) is 0 Å². The molecule has 0 amide bonds. The van der Waals surface area contributed by atoms with Crippen LogP contribution in [0.25, 0.3) is 11.1 Å². The average Bonchev–Trinajstić information content (AvgIpc) is 2.75. The molecule has 0 aliphatic heterocycles. The van der Waals surface area contributed by atoms with Crippen molar-refractivity contribution in [2.75, 3.05) is 0 Å². The van der Waals surface area contributed by atoms with Crippen molar-refractivity contribution >= 4 is 11.1 Å². The summed E-state index contributed by atoms with van der Waals surface area (Å²) >= 11 is 0. The molecule has 0 radical (unpaired) electrons. The lowest BCUT2D eigenvalue weighted by molar-refractivity contribution is 1.23. The second kappa shape index (κ2) is 5.44. The first-order valence-corrected chi connectivity index (χ1v) is 6.34. The van der Waals surface area contributed by atoms with Crippen LogP contribution in [0.4, 0.5) is 0 Å². The van der Waals surface area contributed by atoms with Gasteiger partial charge in [0.05, 0.1) is 11.4 Å². The summed E-state index contributed by atoms with van der Waals surface area (Å²) in [5, 5.41) is 0. The van der Waals surface area contributed by atoms with E-state index < -0.39 is 0 Å². The van der Waals surface area contributed by atoms with Gasteiger partial charge in [0.15, 0.2) is 0 Å². The third-order valence-corrected chi connectivity index (χ3v) is 3.07. The molecule has 0 saturated heterocycles. The summed E-state index contributed by atoms with van der Waals surface area (Å²) in [5.41, 5.74) is 4.42. The molecule has 3 rings (SSSR count). The molecule has 0 spiro atoms. The summed E-state index contributed by atoms with van der Waals surface area (Å²) < 4.78 is 0. The molecule has 0 N–H and O–H groups in total. The molecule has 2 aromatic heterocycles. The standard InChI is InChI=1S/C17H14N2/c1-3-12-18-16(8-1)14-6-5-7-15(11-10-14)17-9-2-4-13-19-17/h1-10,12-13H,11H2. The largest absolute Gasteiger partial charge is 0.257 e. The maximum Gasteiger partial charge on any atom is 0.0698 e. The van der Waals surface area contributed by atoms with Crippen molar-refractivity contribution in [3.05, 3.63) is 84.5 Å². The minimum absolute atomic E-state index is 0.871. The molecule has 92 valence electrons. The first-order valence-electron chi connectivity index (χ1n) is 6.34. The van der Waals surface area contributed by atoms with Crippen LogP contribution in [0, 0.1) is 0 Å². The van der Waals surface area contributed by atoms with Gasteiger partial charge in [0, 0.05) is 12.4 Å². The van der Waals surface area contributed by atoms with Crippen molar-refractivity contribution < 1.29 is 0 Å². The van der Waals surface area contributed by atoms with Crippen LogP contribution in [0.2, 0.25) is 0 Å². The van der Waals surface area contributed by atoms with Crippen LogP contribution in [0.3, 0.4) is 0 Å². The summed E-state index contributed by atoms with van der Waals surface area (Å²) in [6.07, 6.45) is 13.0. The predicted octanol–water partition coefficient (Wildman–Crippen LogP) is 3.90. The molecule has 0 saturated carbocycles. The van der Waals surface area contributed by atoms with Crippen LogP contribution in [0.5, 0.6) is 0 Å². The maximum atomic E-state index is 4.39. The summed E-state index contributed by atoms with van der Waals surface area (Å²) in [6, 6.07) is 12.0. The Labute approximate surface area is 112 Å². The van der Waals surface area contributed by atoms with Gasteiger partial charge in [-0.2, -0.15) is 0 Å². The molecule has 0 fully saturated rings. The number of aromatic nitrogens is 2. The van der Waals surface area contributed by atoms with Gasteiger partial charge in [0.2, 0.25) is 0 Å². The quantitative estimate of drug-likeness (QED) is 0.803. The van der Waals surface area contributed by atoms with Crippen LogP contribution in [-0.4, -0.2) is 9.97 Å². The van der Waals surface area contributed by atoms with Gasteiger partial charge >= 0.3 is 0 Å². The molecule has 1 aliphatic carbocycles. The number of hydrogen-bond donors (Lipinski definition) is 0. The Kier molecular flexibility index (Phi) is 3.32. The zero-order valence-electron chi connectivity index (χ0n) is 10.5. The van der Waals surface area contributed by atoms with Gasteiger partial charge in [-0.1, -0.05) is 36.4 Å². The molecule has 0 atom stereocenters. The van der Waals surface area contributed by atoms with Gasteiger partial charge in [-0.15, -0.1) is 0 Å². The molecule has 19 heavy (non-hydrogen) atoms. The fourth-order valence-electron chi connectivity index (χ4n) is 2.09. The number of allylic oxidation sites excluding steroid dienone is 6. The Balaban J connectivity index is 1.87. The molecule has 0 aromatic carbocycles. The highest BCUT2D eigenvalue weighted by molar-refractivity contribution is 5.78. The molecule has 2 heteroatoms. The van der Waals surface area contributed by atoms with Gasteiger partial charge in [0.25, 0.3) is 0 Å². The van der Waals surface area contributed by atoms with Crippen LogP contribution in [-0.2, 0) is 0 Å². The van der Waals surface area contributed by atoms with E-state index in [2.05, 4.69) is 34.3 Å². The third kappa shape index (κ3) is 2.68. The van der Waals surface area contributed by atoms with Crippen LogP contribution < -0.4 is 0 Å². The van der Waals surface area contributed by atoms with Gasteiger partial charge in [-0.3, -0.25) is 9.97 Å². The van der Waals surface area contributed by atoms with Gasteiger partial charge < -0.3 is 0 Å². The van der Waals surface area contributed by atoms with E-state index >= 15 is 0 Å². The molecule has 0 unspecified atom stereocenters. The zero-order chi connectivity index (χ0) is 12.9. The van der Waals surface area contributed by atoms with E-state index in [0.717, 1.165) is 23.4 Å². The predicted molar refractivity (Wildman–Crippen MR) is 78.2 cm³/mol. The normalized spacial score (nSPS) is 14.5. The van der Waals surface area contributed by atoms with Crippen LogP contribution in [0.1, 0.15) is 17.8 Å². The van der Waals surface area contributed by atoms with Crippen molar-refractivity contribution in [3.63, 3.8) is 0 Å². The van der Waals surface area contributed by atoms with E-state index in [-0.39, 0.29) is 0 Å². The van der Waals surface area contributed by atoms with Crippen molar-refractivity contribution in [1.82, 2.24) is 9.97 Å². The van der Waals surface area contributed by atoms with Gasteiger partial charge in [0.1, 0.15) is 0 Å². The molecular weight excluding hydrogens is 232 g/mol. The zero-order valence-corrected chi connectivity index (χ0v) is 10.5. The Morgan fingerprint density at radius 1 is 0.842 bits per heavy atom. The summed E-state index contributed by atoms with van der Waals surface area (Å²) in [5.74, 6) is 0. The topological polar surface area (TPSA) is 25.8 Å². The van der Waals surface area contributed by atoms with Crippen molar-refractivity contribution in [2.24, 2.45) is 0 Å². The maximum absolute atomic E-state index is 4.39. The average molecular weight is 246 g/mol. The third-order valence-electron chi connectivity index (χ3n) is 3.07. The number of hydrogen-bond acceptors (Lipinski definition) is 2. The minimum atomic E-state index is 0.871. The Bertz CT molecular complexity index is 637. The molecule has 2 nitrogen and oxygen atoms in total. The Morgan fingerprint density at radius 2 is 1.58 bits per heavy atom. The lowest BCUT2D eigenvalue weighted by Crippen LogP contribution is -1.87. The lowest BCUT2D eigenvalue weighted by Gasteiger charge is -2.03. The summed E-state index contributed by atoms with van der Waals surface area (Å²) in [4.78, 5) is 8.78. The highest BCUT2D eigenvalue weighted by Gasteiger charge is 2.05. The number of nitrogens with zero attached hydrogens (tertiary/aromatic N) is 2. The first kappa shape index (κ1) is 11.6. The second-order valence-corrected chi connectivity index (χ2v) is 4.34. The van der Waals surface area contributed by atoms with Crippen molar-refractivity contribution in [1.29, 1.82) is 0 Å². The molecule has 1 aliphatic rings. The van der Waals surface area contributed by atoms with Crippen molar-refractivity contribution in [3.8, 4) is 0 Å². The number of rotatable bonds is 2. The van der Waals surface area contributed by atoms with Gasteiger partial charge in [-0.05, 0) is 41.8 Å². The second-order valence-electron chi connectivity index (χ2n) is 4.34.